The Bertz CT molecular complexity index is 1450. The zero-order valence-corrected chi connectivity index (χ0v) is 19.3. The van der Waals surface area contributed by atoms with Crippen LogP contribution in [-0.2, 0) is 4.79 Å². The Hall–Kier alpha value is -3.45. The molecule has 4 rings (SSSR count). The van der Waals surface area contributed by atoms with Crippen molar-refractivity contribution >= 4 is 69.2 Å². The van der Waals surface area contributed by atoms with E-state index in [1.54, 1.807) is 66.7 Å². The van der Waals surface area contributed by atoms with Crippen molar-refractivity contribution in [1.82, 2.24) is 5.32 Å². The van der Waals surface area contributed by atoms with Gasteiger partial charge in [0.25, 0.3) is 0 Å². The van der Waals surface area contributed by atoms with Crippen LogP contribution < -0.4 is 16.3 Å². The first-order valence-electron chi connectivity index (χ1n) is 9.77. The number of para-hydroxylation sites is 1. The molecule has 0 bridgehead atoms. The molecule has 1 amide bonds. The van der Waals surface area contributed by atoms with Crippen molar-refractivity contribution in [1.29, 1.82) is 0 Å². The minimum atomic E-state index is -0.480. The Balaban J connectivity index is 1.44. The van der Waals surface area contributed by atoms with Crippen LogP contribution in [0.15, 0.2) is 88.1 Å². The van der Waals surface area contributed by atoms with Crippen molar-refractivity contribution in [3.8, 4) is 11.1 Å². The summed E-state index contributed by atoms with van der Waals surface area (Å²) in [5.41, 5.74) is 2.30. The van der Waals surface area contributed by atoms with Gasteiger partial charge < -0.3 is 9.73 Å². The van der Waals surface area contributed by atoms with E-state index in [4.69, 9.17) is 39.8 Å². The van der Waals surface area contributed by atoms with Crippen LogP contribution in [0.1, 0.15) is 5.56 Å². The number of thiocarbonyl (C=S) groups is 1. The van der Waals surface area contributed by atoms with Gasteiger partial charge in [-0.25, -0.2) is 4.79 Å². The summed E-state index contributed by atoms with van der Waals surface area (Å²) in [5.74, 6) is -0.390. The average Bonchev–Trinajstić information content (AvgIpc) is 2.78. The molecule has 0 unspecified atom stereocenters. The van der Waals surface area contributed by atoms with Crippen molar-refractivity contribution in [2.75, 3.05) is 5.32 Å². The van der Waals surface area contributed by atoms with Gasteiger partial charge in [-0.05, 0) is 60.3 Å². The van der Waals surface area contributed by atoms with E-state index in [0.717, 1.165) is 10.9 Å². The van der Waals surface area contributed by atoms with Crippen molar-refractivity contribution in [2.24, 2.45) is 0 Å². The molecule has 0 aliphatic carbocycles. The van der Waals surface area contributed by atoms with Crippen LogP contribution in [0.5, 0.6) is 0 Å². The summed E-state index contributed by atoms with van der Waals surface area (Å²) in [5, 5.41) is 7.32. The maximum absolute atomic E-state index is 12.4. The Kier molecular flexibility index (Phi) is 6.89. The molecule has 0 radical (unpaired) electrons. The van der Waals surface area contributed by atoms with Crippen LogP contribution in [0.4, 0.5) is 5.69 Å². The minimum absolute atomic E-state index is 0.106. The quantitative estimate of drug-likeness (QED) is 0.198. The van der Waals surface area contributed by atoms with Gasteiger partial charge in [0.15, 0.2) is 5.11 Å². The van der Waals surface area contributed by atoms with Crippen molar-refractivity contribution in [3.05, 3.63) is 105 Å². The van der Waals surface area contributed by atoms with Gasteiger partial charge in [0.1, 0.15) is 5.58 Å². The van der Waals surface area contributed by atoms with E-state index in [0.29, 0.717) is 32.4 Å². The first kappa shape index (κ1) is 22.7. The minimum Gasteiger partial charge on any atom is -0.422 e. The molecule has 0 saturated carbocycles. The van der Waals surface area contributed by atoms with Crippen molar-refractivity contribution in [2.45, 2.75) is 0 Å². The number of carbonyl (C=O) groups is 1. The molecule has 3 aromatic carbocycles. The van der Waals surface area contributed by atoms with Gasteiger partial charge in [-0.15, -0.1) is 0 Å². The fourth-order valence-corrected chi connectivity index (χ4v) is 3.75. The van der Waals surface area contributed by atoms with E-state index in [-0.39, 0.29) is 11.0 Å². The summed E-state index contributed by atoms with van der Waals surface area (Å²) in [7, 11) is 0. The summed E-state index contributed by atoms with van der Waals surface area (Å²) >= 11 is 17.5. The van der Waals surface area contributed by atoms with Crippen LogP contribution in [-0.4, -0.2) is 11.0 Å². The van der Waals surface area contributed by atoms with E-state index in [1.165, 1.54) is 6.08 Å². The Labute approximate surface area is 204 Å². The van der Waals surface area contributed by atoms with E-state index in [9.17, 15) is 9.59 Å². The highest BCUT2D eigenvalue weighted by Gasteiger charge is 2.12. The zero-order valence-electron chi connectivity index (χ0n) is 17.0. The molecule has 0 atom stereocenters. The Morgan fingerprint density at radius 2 is 1.70 bits per heavy atom. The van der Waals surface area contributed by atoms with Crippen molar-refractivity contribution in [3.63, 3.8) is 0 Å². The number of anilines is 1. The van der Waals surface area contributed by atoms with E-state index < -0.39 is 5.63 Å². The lowest BCUT2D eigenvalue weighted by atomic mass is 10.1. The van der Waals surface area contributed by atoms with Gasteiger partial charge in [-0.1, -0.05) is 59.6 Å². The van der Waals surface area contributed by atoms with Gasteiger partial charge in [-0.3, -0.25) is 10.1 Å². The maximum atomic E-state index is 12.4. The van der Waals surface area contributed by atoms with Crippen LogP contribution in [0, 0.1) is 0 Å². The van der Waals surface area contributed by atoms with E-state index in [1.807, 2.05) is 12.1 Å². The Morgan fingerprint density at radius 3 is 2.45 bits per heavy atom. The molecule has 33 heavy (non-hydrogen) atoms. The lowest BCUT2D eigenvalue weighted by Crippen LogP contribution is -2.32. The molecular weight excluding hydrogens is 479 g/mol. The molecule has 0 fully saturated rings. The number of halogens is 2. The normalized spacial score (nSPS) is 11.0. The first-order valence-corrected chi connectivity index (χ1v) is 10.9. The van der Waals surface area contributed by atoms with Gasteiger partial charge in [0.2, 0.25) is 5.91 Å². The topological polar surface area (TPSA) is 71.3 Å². The SMILES string of the molecule is O=C(/C=C/c1ccc(Cl)cc1)NC(=S)Nc1ccc(-c2cc3ccccc3oc2=O)c(Cl)c1. The first-order chi connectivity index (χ1) is 15.9. The number of benzene rings is 3. The lowest BCUT2D eigenvalue weighted by Gasteiger charge is -2.11. The molecule has 1 heterocycles. The van der Waals surface area contributed by atoms with E-state index >= 15 is 0 Å². The fraction of sp³-hybridized carbons (Fsp3) is 0. The highest BCUT2D eigenvalue weighted by Crippen LogP contribution is 2.30. The molecule has 1 aromatic heterocycles. The molecule has 4 aromatic rings. The molecule has 164 valence electrons. The van der Waals surface area contributed by atoms with Gasteiger partial charge in [-0.2, -0.15) is 0 Å². The predicted octanol–water partition coefficient (Wildman–Crippen LogP) is 6.29. The van der Waals surface area contributed by atoms with Gasteiger partial charge in [0.05, 0.1) is 10.6 Å². The van der Waals surface area contributed by atoms with E-state index in [2.05, 4.69) is 10.6 Å². The standard InChI is InChI=1S/C25H16Cl2N2O3S/c26-17-8-5-15(6-9-17)7-12-23(30)29-25(33)28-18-10-11-19(21(27)14-18)20-13-16-3-1-2-4-22(16)32-24(20)31/h1-14H,(H2,28,29,30,33)/b12-7+. The van der Waals surface area contributed by atoms with Crippen molar-refractivity contribution < 1.29 is 9.21 Å². The Morgan fingerprint density at radius 1 is 0.939 bits per heavy atom. The second-order valence-electron chi connectivity index (χ2n) is 7.01. The largest absolute Gasteiger partial charge is 0.422 e. The summed E-state index contributed by atoms with van der Waals surface area (Å²) in [6, 6.07) is 21.1. The van der Waals surface area contributed by atoms with Crippen LogP contribution in [0.3, 0.4) is 0 Å². The summed E-state index contributed by atoms with van der Waals surface area (Å²) in [6.45, 7) is 0. The van der Waals surface area contributed by atoms with Gasteiger partial charge >= 0.3 is 5.63 Å². The molecule has 0 spiro atoms. The van der Waals surface area contributed by atoms with Crippen LogP contribution >= 0.6 is 35.4 Å². The highest BCUT2D eigenvalue weighted by molar-refractivity contribution is 7.80. The van der Waals surface area contributed by atoms with Crippen LogP contribution in [0.25, 0.3) is 28.2 Å². The lowest BCUT2D eigenvalue weighted by molar-refractivity contribution is -0.115. The molecule has 0 aliphatic heterocycles. The number of rotatable bonds is 4. The summed E-state index contributed by atoms with van der Waals surface area (Å²) in [6.07, 6.45) is 3.02. The second kappa shape index (κ2) is 10.0. The molecule has 0 aliphatic rings. The number of hydrogen-bond acceptors (Lipinski definition) is 4. The zero-order chi connectivity index (χ0) is 23.4. The monoisotopic (exact) mass is 494 g/mol. The molecule has 0 saturated heterocycles. The predicted molar refractivity (Wildman–Crippen MR) is 138 cm³/mol. The average molecular weight is 495 g/mol. The smallest absolute Gasteiger partial charge is 0.344 e. The maximum Gasteiger partial charge on any atom is 0.344 e. The number of fused-ring (bicyclic) bond motifs is 1. The number of carbonyl (C=O) groups excluding carboxylic acids is 1. The fourth-order valence-electron chi connectivity index (χ4n) is 3.12. The highest BCUT2D eigenvalue weighted by atomic mass is 35.5. The molecule has 2 N–H and O–H groups in total. The third kappa shape index (κ3) is 5.68. The summed E-state index contributed by atoms with van der Waals surface area (Å²) in [4.78, 5) is 24.5. The third-order valence-corrected chi connectivity index (χ3v) is 5.46. The van der Waals surface area contributed by atoms with Crippen LogP contribution in [0.2, 0.25) is 10.0 Å². The van der Waals surface area contributed by atoms with Gasteiger partial charge in [0, 0.05) is 27.7 Å². The summed E-state index contributed by atoms with van der Waals surface area (Å²) < 4.78 is 5.39. The number of hydrogen-bond donors (Lipinski definition) is 2. The molecule has 8 heteroatoms. The third-order valence-electron chi connectivity index (χ3n) is 4.69. The molecule has 5 nitrogen and oxygen atoms in total. The molecular formula is C25H16Cl2N2O3S. The number of nitrogens with one attached hydrogen (secondary N) is 2. The number of amides is 1. The second-order valence-corrected chi connectivity index (χ2v) is 8.26.